The lowest BCUT2D eigenvalue weighted by Crippen LogP contribution is -2.30. The molecule has 0 saturated carbocycles. The van der Waals surface area contributed by atoms with Crippen molar-refractivity contribution in [3.05, 3.63) is 72.9 Å². The Morgan fingerprint density at radius 3 is 1.08 bits per heavy atom. The maximum Gasteiger partial charge on any atom is 0.306 e. The van der Waals surface area contributed by atoms with Crippen molar-refractivity contribution in [1.82, 2.24) is 0 Å². The lowest BCUT2D eigenvalue weighted by molar-refractivity contribution is -0.167. The Balaban J connectivity index is 4.46. The Morgan fingerprint density at radius 1 is 0.339 bits per heavy atom. The average Bonchev–Trinajstić information content (AvgIpc) is 3.27. The van der Waals surface area contributed by atoms with Crippen molar-refractivity contribution < 1.29 is 28.6 Å². The molecule has 62 heavy (non-hydrogen) atoms. The number of unbranched alkanes of at least 4 members (excludes halogenated alkanes) is 27. The van der Waals surface area contributed by atoms with Gasteiger partial charge in [-0.25, -0.2) is 0 Å². The van der Waals surface area contributed by atoms with E-state index in [0.717, 1.165) is 57.8 Å². The Bertz CT molecular complexity index is 1180. The third kappa shape index (κ3) is 47.9. The number of rotatable bonds is 46. The molecule has 0 aliphatic rings. The summed E-state index contributed by atoms with van der Waals surface area (Å²) in [6.07, 6.45) is 63.2. The highest BCUT2D eigenvalue weighted by atomic mass is 16.6. The number of ether oxygens (including phenoxy) is 3. The van der Waals surface area contributed by atoms with Gasteiger partial charge >= 0.3 is 17.9 Å². The van der Waals surface area contributed by atoms with Crippen molar-refractivity contribution in [2.24, 2.45) is 0 Å². The molecule has 6 heteroatoms. The van der Waals surface area contributed by atoms with Gasteiger partial charge in [-0.3, -0.25) is 14.4 Å². The zero-order valence-corrected chi connectivity index (χ0v) is 40.6. The van der Waals surface area contributed by atoms with Crippen LogP contribution in [0.5, 0.6) is 0 Å². The van der Waals surface area contributed by atoms with E-state index in [9.17, 15) is 14.4 Å². The zero-order chi connectivity index (χ0) is 45.1. The summed E-state index contributed by atoms with van der Waals surface area (Å²) in [5, 5.41) is 0. The van der Waals surface area contributed by atoms with Crippen molar-refractivity contribution in [1.29, 1.82) is 0 Å². The molecular weight excluding hydrogens is 769 g/mol. The molecule has 0 bridgehead atoms. The molecule has 0 radical (unpaired) electrons. The highest BCUT2D eigenvalue weighted by Crippen LogP contribution is 2.15. The topological polar surface area (TPSA) is 78.9 Å². The van der Waals surface area contributed by atoms with Gasteiger partial charge in [-0.15, -0.1) is 0 Å². The van der Waals surface area contributed by atoms with E-state index >= 15 is 0 Å². The van der Waals surface area contributed by atoms with Crippen LogP contribution in [0.15, 0.2) is 72.9 Å². The monoisotopic (exact) mass is 865 g/mol. The van der Waals surface area contributed by atoms with E-state index in [1.54, 1.807) is 0 Å². The van der Waals surface area contributed by atoms with Gasteiger partial charge in [0.05, 0.1) is 0 Å². The molecule has 0 N–H and O–H groups in total. The smallest absolute Gasteiger partial charge is 0.306 e. The summed E-state index contributed by atoms with van der Waals surface area (Å²) in [6.45, 7) is 6.43. The van der Waals surface area contributed by atoms with E-state index < -0.39 is 6.10 Å². The van der Waals surface area contributed by atoms with Crippen LogP contribution in [0.3, 0.4) is 0 Å². The number of esters is 3. The van der Waals surface area contributed by atoms with Crippen LogP contribution in [-0.4, -0.2) is 37.2 Å². The lowest BCUT2D eigenvalue weighted by atomic mass is 10.0. The second-order valence-electron chi connectivity index (χ2n) is 17.2. The number of carbonyl (C=O) groups is 3. The maximum atomic E-state index is 12.8. The van der Waals surface area contributed by atoms with Crippen LogP contribution in [0.2, 0.25) is 0 Å². The van der Waals surface area contributed by atoms with E-state index in [2.05, 4.69) is 39.0 Å². The normalized spacial score (nSPS) is 12.6. The minimum absolute atomic E-state index is 0.101. The second kappa shape index (κ2) is 50.5. The van der Waals surface area contributed by atoms with E-state index in [0.29, 0.717) is 19.3 Å². The summed E-state index contributed by atoms with van der Waals surface area (Å²) >= 11 is 0. The van der Waals surface area contributed by atoms with Crippen molar-refractivity contribution in [3.8, 4) is 0 Å². The van der Waals surface area contributed by atoms with Crippen molar-refractivity contribution in [3.63, 3.8) is 0 Å². The van der Waals surface area contributed by atoms with Crippen LogP contribution < -0.4 is 0 Å². The first-order valence-electron chi connectivity index (χ1n) is 26.0. The van der Waals surface area contributed by atoms with Gasteiger partial charge in [-0.2, -0.15) is 0 Å². The number of hydrogen-bond acceptors (Lipinski definition) is 6. The predicted molar refractivity (Wildman–Crippen MR) is 265 cm³/mol. The molecule has 6 nitrogen and oxygen atoms in total. The van der Waals surface area contributed by atoms with Gasteiger partial charge in [-0.1, -0.05) is 241 Å². The van der Waals surface area contributed by atoms with Gasteiger partial charge in [0.2, 0.25) is 0 Å². The SMILES string of the molecule is CC\C=C/C=C\C=C/C=C\C=C/CCCC(=O)OCC(COC(=O)CCCCCCC/C=C\CCCCCCCCC)OC(=O)CCCCCCCCCCCCCCCCC. The molecule has 0 aromatic rings. The van der Waals surface area contributed by atoms with Gasteiger partial charge in [0, 0.05) is 19.3 Å². The molecule has 0 rings (SSSR count). The maximum absolute atomic E-state index is 12.8. The molecule has 356 valence electrons. The largest absolute Gasteiger partial charge is 0.462 e. The average molecular weight is 865 g/mol. The summed E-state index contributed by atoms with van der Waals surface area (Å²) in [7, 11) is 0. The molecular formula is C56H96O6. The molecule has 0 aliphatic carbocycles. The van der Waals surface area contributed by atoms with Crippen LogP contribution in [0.4, 0.5) is 0 Å². The summed E-state index contributed by atoms with van der Waals surface area (Å²) in [5.74, 6) is -0.981. The van der Waals surface area contributed by atoms with Gasteiger partial charge in [0.15, 0.2) is 6.10 Å². The molecule has 0 amide bonds. The van der Waals surface area contributed by atoms with E-state index in [4.69, 9.17) is 14.2 Å². The van der Waals surface area contributed by atoms with Gasteiger partial charge in [0.1, 0.15) is 13.2 Å². The fraction of sp³-hybridized carbons (Fsp3) is 0.732. The molecule has 0 saturated heterocycles. The third-order valence-electron chi connectivity index (χ3n) is 11.1. The molecule has 0 aliphatic heterocycles. The summed E-state index contributed by atoms with van der Waals surface area (Å²) < 4.78 is 16.7. The van der Waals surface area contributed by atoms with E-state index in [1.165, 1.54) is 141 Å². The molecule has 0 aromatic heterocycles. The molecule has 0 heterocycles. The second-order valence-corrected chi connectivity index (χ2v) is 17.2. The Labute approximate surface area is 382 Å². The first-order chi connectivity index (χ1) is 30.5. The van der Waals surface area contributed by atoms with Gasteiger partial charge in [-0.05, 0) is 57.8 Å². The highest BCUT2D eigenvalue weighted by Gasteiger charge is 2.19. The van der Waals surface area contributed by atoms with Crippen molar-refractivity contribution in [2.45, 2.75) is 252 Å². The molecule has 0 aromatic carbocycles. The van der Waals surface area contributed by atoms with E-state index in [-0.39, 0.29) is 37.5 Å². The van der Waals surface area contributed by atoms with Crippen LogP contribution in [0.25, 0.3) is 0 Å². The van der Waals surface area contributed by atoms with Gasteiger partial charge < -0.3 is 14.2 Å². The van der Waals surface area contributed by atoms with Crippen LogP contribution in [-0.2, 0) is 28.6 Å². The highest BCUT2D eigenvalue weighted by molar-refractivity contribution is 5.71. The van der Waals surface area contributed by atoms with Crippen molar-refractivity contribution in [2.75, 3.05) is 13.2 Å². The first-order valence-corrected chi connectivity index (χ1v) is 26.0. The fourth-order valence-corrected chi connectivity index (χ4v) is 7.17. The predicted octanol–water partition coefficient (Wildman–Crippen LogP) is 17.0. The molecule has 1 unspecified atom stereocenters. The third-order valence-corrected chi connectivity index (χ3v) is 11.1. The Morgan fingerprint density at radius 2 is 0.661 bits per heavy atom. The quantitative estimate of drug-likeness (QED) is 0.0199. The Hall–Kier alpha value is -3.15. The number of allylic oxidation sites excluding steroid dienone is 12. The van der Waals surface area contributed by atoms with Crippen LogP contribution in [0.1, 0.15) is 245 Å². The standard InChI is InChI=1S/C56H96O6/c1-4-7-10-13-16-19-22-25-27-29-31-34-37-40-43-46-49-55(58)61-52-53(51-60-54(57)48-45-42-39-36-33-30-24-21-18-15-12-9-6-3)62-56(59)50-47-44-41-38-35-32-28-26-23-20-17-14-11-8-5-2/h9,12,15,18,21,24,27,29-30,33,36,39,53H,4-8,10-11,13-14,16-17,19-20,22-23,25-26,28,31-32,34-35,37-38,40-52H2,1-3H3/b12-9-,18-15-,24-21-,29-27-,33-30-,39-36-. The van der Waals surface area contributed by atoms with Gasteiger partial charge in [0.25, 0.3) is 0 Å². The first kappa shape index (κ1) is 58.9. The number of carbonyl (C=O) groups excluding carboxylic acids is 3. The lowest BCUT2D eigenvalue weighted by Gasteiger charge is -2.18. The van der Waals surface area contributed by atoms with Crippen LogP contribution >= 0.6 is 0 Å². The molecule has 0 fully saturated rings. The minimum atomic E-state index is -0.804. The molecule has 0 spiro atoms. The summed E-state index contributed by atoms with van der Waals surface area (Å²) in [4.78, 5) is 37.9. The number of hydrogen-bond donors (Lipinski definition) is 0. The summed E-state index contributed by atoms with van der Waals surface area (Å²) in [6, 6.07) is 0. The Kier molecular flexibility index (Phi) is 47.9. The molecule has 1 atom stereocenters. The van der Waals surface area contributed by atoms with E-state index in [1.807, 2.05) is 54.7 Å². The zero-order valence-electron chi connectivity index (χ0n) is 40.6. The van der Waals surface area contributed by atoms with Crippen LogP contribution in [0, 0.1) is 0 Å². The fourth-order valence-electron chi connectivity index (χ4n) is 7.17. The van der Waals surface area contributed by atoms with Crippen molar-refractivity contribution >= 4 is 17.9 Å². The summed E-state index contributed by atoms with van der Waals surface area (Å²) in [5.41, 5.74) is 0. The minimum Gasteiger partial charge on any atom is -0.462 e.